The zero-order chi connectivity index (χ0) is 17.5. The quantitative estimate of drug-likeness (QED) is 0.826. The number of hydrogen-bond donors (Lipinski definition) is 0. The molecule has 3 atom stereocenters. The maximum Gasteiger partial charge on any atom is 0.230 e. The van der Waals surface area contributed by atoms with Gasteiger partial charge in [0.05, 0.1) is 17.7 Å². The molecule has 2 aliphatic carbocycles. The predicted octanol–water partition coefficient (Wildman–Crippen LogP) is 3.59. The molecule has 1 aromatic rings. The van der Waals surface area contributed by atoms with E-state index in [4.69, 9.17) is 9.26 Å². The van der Waals surface area contributed by atoms with E-state index in [0.29, 0.717) is 12.1 Å². The number of hydrogen-bond acceptors (Lipinski definition) is 4. The molecule has 5 heteroatoms. The lowest BCUT2D eigenvalue weighted by atomic mass is 9.60. The van der Waals surface area contributed by atoms with E-state index in [-0.39, 0.29) is 17.2 Å². The highest BCUT2D eigenvalue weighted by Gasteiger charge is 2.59. The molecule has 0 radical (unpaired) electrons. The molecule has 1 heterocycles. The van der Waals surface area contributed by atoms with E-state index in [0.717, 1.165) is 30.0 Å². The number of likely N-dealkylation sites (N-methyl/N-ethyl adjacent to an activating group) is 1. The molecule has 3 rings (SSSR count). The average molecular weight is 334 g/mol. The lowest BCUT2D eigenvalue weighted by Gasteiger charge is -2.57. The van der Waals surface area contributed by atoms with Crippen LogP contribution in [0.2, 0.25) is 0 Å². The van der Waals surface area contributed by atoms with Crippen LogP contribution in [0.3, 0.4) is 0 Å². The molecule has 0 saturated heterocycles. The first-order valence-corrected chi connectivity index (χ1v) is 9.23. The second kappa shape index (κ2) is 6.51. The minimum atomic E-state index is -0.217. The zero-order valence-electron chi connectivity index (χ0n) is 15.6. The molecule has 0 aromatic carbocycles. The van der Waals surface area contributed by atoms with Crippen LogP contribution >= 0.6 is 0 Å². The van der Waals surface area contributed by atoms with Gasteiger partial charge in [-0.2, -0.15) is 0 Å². The van der Waals surface area contributed by atoms with Crippen LogP contribution in [0.5, 0.6) is 0 Å². The Morgan fingerprint density at radius 2 is 2.08 bits per heavy atom. The summed E-state index contributed by atoms with van der Waals surface area (Å²) in [7, 11) is 1.96. The topological polar surface area (TPSA) is 55.6 Å². The molecule has 1 amide bonds. The molecule has 2 aliphatic rings. The Kier molecular flexibility index (Phi) is 4.73. The SMILES string of the molecule is CCO[C@@H]1C[C@@H](N(C)C(=O)[C@@H](C)c2c(C)noc2C)C12CCCC2. The minimum absolute atomic E-state index is 0.163. The van der Waals surface area contributed by atoms with Gasteiger partial charge >= 0.3 is 0 Å². The third-order valence-corrected chi connectivity index (χ3v) is 6.35. The van der Waals surface area contributed by atoms with Crippen LogP contribution in [0.1, 0.15) is 68.9 Å². The van der Waals surface area contributed by atoms with Crippen molar-refractivity contribution in [3.63, 3.8) is 0 Å². The summed E-state index contributed by atoms with van der Waals surface area (Å²) in [5.74, 6) is 0.694. The summed E-state index contributed by atoms with van der Waals surface area (Å²) in [6.45, 7) is 8.57. The summed E-state index contributed by atoms with van der Waals surface area (Å²) < 4.78 is 11.2. The van der Waals surface area contributed by atoms with Crippen LogP contribution in [0, 0.1) is 19.3 Å². The molecule has 0 bridgehead atoms. The van der Waals surface area contributed by atoms with Crippen molar-refractivity contribution >= 4 is 5.91 Å². The van der Waals surface area contributed by atoms with Crippen LogP contribution in [-0.2, 0) is 9.53 Å². The molecule has 1 aromatic heterocycles. The monoisotopic (exact) mass is 334 g/mol. The normalized spacial score (nSPS) is 26.4. The molecule has 2 saturated carbocycles. The van der Waals surface area contributed by atoms with E-state index in [1.807, 2.05) is 32.7 Å². The first-order valence-electron chi connectivity index (χ1n) is 9.23. The Hall–Kier alpha value is -1.36. The Morgan fingerprint density at radius 3 is 2.62 bits per heavy atom. The summed E-state index contributed by atoms with van der Waals surface area (Å²) in [4.78, 5) is 15.1. The molecule has 134 valence electrons. The van der Waals surface area contributed by atoms with Gasteiger partial charge in [0.15, 0.2) is 0 Å². The number of rotatable bonds is 5. The number of aryl methyl sites for hydroxylation is 2. The van der Waals surface area contributed by atoms with Gasteiger partial charge in [-0.1, -0.05) is 18.0 Å². The number of nitrogens with zero attached hydrogens (tertiary/aromatic N) is 2. The second-order valence-corrected chi connectivity index (χ2v) is 7.54. The molecule has 24 heavy (non-hydrogen) atoms. The highest BCUT2D eigenvalue weighted by atomic mass is 16.5. The van der Waals surface area contributed by atoms with Gasteiger partial charge in [0.1, 0.15) is 5.76 Å². The van der Waals surface area contributed by atoms with Crippen molar-refractivity contribution in [2.75, 3.05) is 13.7 Å². The van der Waals surface area contributed by atoms with Gasteiger partial charge in [-0.25, -0.2) is 0 Å². The Labute approximate surface area is 144 Å². The standard InChI is InChI=1S/C19H30N2O3/c1-6-23-16-11-15(19(16)9-7-8-10-19)21(5)18(22)12(2)17-13(3)20-24-14(17)4/h12,15-16H,6-11H2,1-5H3/t12-,15+,16+/m0/s1. The Balaban J connectivity index is 1.76. The largest absolute Gasteiger partial charge is 0.378 e. The Morgan fingerprint density at radius 1 is 1.42 bits per heavy atom. The average Bonchev–Trinajstić information content (AvgIpc) is 3.18. The molecule has 0 aliphatic heterocycles. The molecule has 2 fully saturated rings. The summed E-state index contributed by atoms with van der Waals surface area (Å²) >= 11 is 0. The fraction of sp³-hybridized carbons (Fsp3) is 0.789. The maximum atomic E-state index is 13.1. The molecular formula is C19H30N2O3. The van der Waals surface area contributed by atoms with Gasteiger partial charge in [0, 0.05) is 30.7 Å². The summed E-state index contributed by atoms with van der Waals surface area (Å²) in [6.07, 6.45) is 6.15. The van der Waals surface area contributed by atoms with E-state index in [9.17, 15) is 4.79 Å². The summed E-state index contributed by atoms with van der Waals surface area (Å²) in [6, 6.07) is 0.298. The fourth-order valence-corrected chi connectivity index (χ4v) is 5.08. The van der Waals surface area contributed by atoms with E-state index < -0.39 is 0 Å². The van der Waals surface area contributed by atoms with Crippen molar-refractivity contribution in [1.82, 2.24) is 10.1 Å². The molecule has 0 unspecified atom stereocenters. The highest BCUT2D eigenvalue weighted by Crippen LogP contribution is 2.56. The fourth-order valence-electron chi connectivity index (χ4n) is 5.08. The molecule has 5 nitrogen and oxygen atoms in total. The molecule has 0 N–H and O–H groups in total. The Bertz CT molecular complexity index is 584. The first-order chi connectivity index (χ1) is 11.4. The van der Waals surface area contributed by atoms with E-state index in [1.165, 1.54) is 25.7 Å². The van der Waals surface area contributed by atoms with Crippen LogP contribution in [0.25, 0.3) is 0 Å². The zero-order valence-corrected chi connectivity index (χ0v) is 15.6. The minimum Gasteiger partial charge on any atom is -0.378 e. The third-order valence-electron chi connectivity index (χ3n) is 6.35. The number of ether oxygens (including phenoxy) is 1. The van der Waals surface area contributed by atoms with Gasteiger partial charge in [-0.15, -0.1) is 0 Å². The van der Waals surface area contributed by atoms with E-state index >= 15 is 0 Å². The van der Waals surface area contributed by atoms with Crippen LogP contribution < -0.4 is 0 Å². The van der Waals surface area contributed by atoms with Gasteiger partial charge in [0.25, 0.3) is 0 Å². The number of aromatic nitrogens is 1. The number of amides is 1. The van der Waals surface area contributed by atoms with Crippen molar-refractivity contribution in [2.45, 2.75) is 77.9 Å². The van der Waals surface area contributed by atoms with Crippen molar-refractivity contribution in [3.8, 4) is 0 Å². The molecular weight excluding hydrogens is 304 g/mol. The van der Waals surface area contributed by atoms with Crippen molar-refractivity contribution in [2.24, 2.45) is 5.41 Å². The second-order valence-electron chi connectivity index (χ2n) is 7.54. The van der Waals surface area contributed by atoms with Crippen LogP contribution in [0.4, 0.5) is 0 Å². The van der Waals surface area contributed by atoms with Gasteiger partial charge in [0.2, 0.25) is 5.91 Å². The van der Waals surface area contributed by atoms with Crippen LogP contribution in [0.15, 0.2) is 4.52 Å². The van der Waals surface area contributed by atoms with Gasteiger partial charge in [-0.3, -0.25) is 4.79 Å². The van der Waals surface area contributed by atoms with Crippen molar-refractivity contribution in [3.05, 3.63) is 17.0 Å². The summed E-state index contributed by atoms with van der Waals surface area (Å²) in [5, 5.41) is 4.00. The lowest BCUT2D eigenvalue weighted by molar-refractivity contribution is -0.173. The van der Waals surface area contributed by atoms with E-state index in [1.54, 1.807) is 0 Å². The predicted molar refractivity (Wildman–Crippen MR) is 91.9 cm³/mol. The van der Waals surface area contributed by atoms with Crippen LogP contribution in [-0.4, -0.2) is 41.8 Å². The highest BCUT2D eigenvalue weighted by molar-refractivity contribution is 5.84. The van der Waals surface area contributed by atoms with Gasteiger partial charge in [-0.05, 0) is 47.0 Å². The lowest BCUT2D eigenvalue weighted by Crippen LogP contribution is -2.64. The maximum absolute atomic E-state index is 13.1. The third kappa shape index (κ3) is 2.57. The smallest absolute Gasteiger partial charge is 0.230 e. The molecule has 1 spiro atoms. The number of carbonyl (C=O) groups excluding carboxylic acids is 1. The van der Waals surface area contributed by atoms with Gasteiger partial charge < -0.3 is 14.2 Å². The summed E-state index contributed by atoms with van der Waals surface area (Å²) in [5.41, 5.74) is 1.94. The van der Waals surface area contributed by atoms with Crippen molar-refractivity contribution in [1.29, 1.82) is 0 Å². The first kappa shape index (κ1) is 17.5. The van der Waals surface area contributed by atoms with Crippen molar-refractivity contribution < 1.29 is 14.1 Å². The van der Waals surface area contributed by atoms with E-state index in [2.05, 4.69) is 12.1 Å². The number of carbonyl (C=O) groups is 1.